The van der Waals surface area contributed by atoms with Crippen LogP contribution < -0.4 is 16.4 Å². The first-order valence-corrected chi connectivity index (χ1v) is 8.53. The highest BCUT2D eigenvalue weighted by Gasteiger charge is 2.43. The second-order valence-electron chi connectivity index (χ2n) is 5.79. The lowest BCUT2D eigenvalue weighted by atomic mass is 9.87. The molecule has 0 saturated heterocycles. The van der Waals surface area contributed by atoms with Gasteiger partial charge in [0.2, 0.25) is 11.9 Å². The number of carboxylic acids is 1. The van der Waals surface area contributed by atoms with Crippen LogP contribution in [0.2, 0.25) is 0 Å². The van der Waals surface area contributed by atoms with Crippen LogP contribution in [0, 0.1) is 3.57 Å². The van der Waals surface area contributed by atoms with Gasteiger partial charge in [0.25, 0.3) is 0 Å². The zero-order valence-corrected chi connectivity index (χ0v) is 14.7. The van der Waals surface area contributed by atoms with Gasteiger partial charge in [-0.3, -0.25) is 4.90 Å². The van der Waals surface area contributed by atoms with E-state index < -0.39 is 11.6 Å². The van der Waals surface area contributed by atoms with Crippen molar-refractivity contribution in [3.63, 3.8) is 0 Å². The zero-order valence-electron chi connectivity index (χ0n) is 12.5. The maximum atomic E-state index is 11.1. The summed E-state index contributed by atoms with van der Waals surface area (Å²) in [4.78, 5) is 21.8. The molecule has 1 heterocycles. The van der Waals surface area contributed by atoms with E-state index in [1.165, 1.54) is 0 Å². The van der Waals surface area contributed by atoms with E-state index in [1.807, 2.05) is 4.90 Å². The van der Waals surface area contributed by atoms with Gasteiger partial charge in [-0.15, -0.1) is 0 Å². The van der Waals surface area contributed by atoms with E-state index in [-0.39, 0.29) is 11.5 Å². The molecular weight excluding hydrogens is 409 g/mol. The molecule has 0 unspecified atom stereocenters. The van der Waals surface area contributed by atoms with Crippen LogP contribution in [0.1, 0.15) is 42.5 Å². The SMILES string of the molecule is NC1=NC2(CCCCC2)N(c2ccc(C(=O)O)cc2I)C(N)=N1. The lowest BCUT2D eigenvalue weighted by Gasteiger charge is -2.46. The molecule has 1 saturated carbocycles. The van der Waals surface area contributed by atoms with Crippen molar-refractivity contribution in [2.24, 2.45) is 21.5 Å². The van der Waals surface area contributed by atoms with E-state index in [2.05, 4.69) is 32.6 Å². The Balaban J connectivity index is 2.09. The normalized spacial score (nSPS) is 20.1. The Hall–Kier alpha value is -1.84. The van der Waals surface area contributed by atoms with Crippen LogP contribution >= 0.6 is 22.6 Å². The van der Waals surface area contributed by atoms with Gasteiger partial charge in [0.1, 0.15) is 5.66 Å². The first-order valence-electron chi connectivity index (χ1n) is 7.45. The van der Waals surface area contributed by atoms with Crippen molar-refractivity contribution in [1.82, 2.24) is 0 Å². The summed E-state index contributed by atoms with van der Waals surface area (Å²) >= 11 is 2.12. The molecule has 7 nitrogen and oxygen atoms in total. The van der Waals surface area contributed by atoms with Gasteiger partial charge in [-0.1, -0.05) is 6.42 Å². The molecule has 1 aromatic rings. The molecule has 0 bridgehead atoms. The van der Waals surface area contributed by atoms with E-state index in [0.717, 1.165) is 41.4 Å². The summed E-state index contributed by atoms with van der Waals surface area (Å²) in [6, 6.07) is 4.97. The number of guanidine groups is 2. The number of anilines is 1. The van der Waals surface area contributed by atoms with Gasteiger partial charge in [0.15, 0.2) is 0 Å². The van der Waals surface area contributed by atoms with Crippen LogP contribution in [0.15, 0.2) is 28.2 Å². The van der Waals surface area contributed by atoms with Gasteiger partial charge >= 0.3 is 5.97 Å². The summed E-state index contributed by atoms with van der Waals surface area (Å²) in [5, 5.41) is 9.14. The highest BCUT2D eigenvalue weighted by molar-refractivity contribution is 14.1. The number of halogens is 1. The van der Waals surface area contributed by atoms with Crippen molar-refractivity contribution in [2.75, 3.05) is 4.90 Å². The fourth-order valence-corrected chi connectivity index (χ4v) is 4.05. The van der Waals surface area contributed by atoms with E-state index >= 15 is 0 Å². The Labute approximate surface area is 147 Å². The lowest BCUT2D eigenvalue weighted by molar-refractivity contribution is 0.0697. The van der Waals surface area contributed by atoms with E-state index in [4.69, 9.17) is 16.6 Å². The molecule has 23 heavy (non-hydrogen) atoms. The van der Waals surface area contributed by atoms with Crippen molar-refractivity contribution in [2.45, 2.75) is 37.8 Å². The van der Waals surface area contributed by atoms with Crippen molar-refractivity contribution >= 4 is 46.2 Å². The second-order valence-corrected chi connectivity index (χ2v) is 6.95. The van der Waals surface area contributed by atoms with Crippen LogP contribution in [-0.2, 0) is 0 Å². The average Bonchev–Trinajstić information content (AvgIpc) is 2.48. The van der Waals surface area contributed by atoms with Gasteiger partial charge < -0.3 is 16.6 Å². The molecular formula is C15H18IN5O2. The number of nitrogens with zero attached hydrogens (tertiary/aromatic N) is 3. The molecule has 0 amide bonds. The summed E-state index contributed by atoms with van der Waals surface area (Å²) in [6.07, 6.45) is 4.95. The molecule has 0 atom stereocenters. The van der Waals surface area contributed by atoms with Crippen molar-refractivity contribution in [3.8, 4) is 0 Å². The van der Waals surface area contributed by atoms with Crippen LogP contribution in [-0.4, -0.2) is 28.7 Å². The smallest absolute Gasteiger partial charge is 0.335 e. The summed E-state index contributed by atoms with van der Waals surface area (Å²) in [5.41, 5.74) is 12.6. The highest BCUT2D eigenvalue weighted by atomic mass is 127. The van der Waals surface area contributed by atoms with Gasteiger partial charge in [-0.25, -0.2) is 9.79 Å². The Morgan fingerprint density at radius 3 is 2.57 bits per heavy atom. The number of carbonyl (C=O) groups is 1. The summed E-state index contributed by atoms with van der Waals surface area (Å²) in [6.45, 7) is 0. The molecule has 5 N–H and O–H groups in total. The fourth-order valence-electron chi connectivity index (χ4n) is 3.29. The third kappa shape index (κ3) is 2.87. The minimum Gasteiger partial charge on any atom is -0.478 e. The van der Waals surface area contributed by atoms with Gasteiger partial charge in [0.05, 0.1) is 11.3 Å². The number of rotatable bonds is 2. The maximum absolute atomic E-state index is 11.1. The average molecular weight is 427 g/mol. The minimum absolute atomic E-state index is 0.206. The largest absolute Gasteiger partial charge is 0.478 e. The van der Waals surface area contributed by atoms with E-state index in [0.29, 0.717) is 5.96 Å². The number of hydrogen-bond acceptors (Lipinski definition) is 6. The molecule has 1 fully saturated rings. The topological polar surface area (TPSA) is 117 Å². The molecule has 122 valence electrons. The molecule has 2 aliphatic rings. The second kappa shape index (κ2) is 5.99. The van der Waals surface area contributed by atoms with Crippen molar-refractivity contribution in [1.29, 1.82) is 0 Å². The molecule has 8 heteroatoms. The summed E-state index contributed by atoms with van der Waals surface area (Å²) in [5.74, 6) is -0.442. The first kappa shape index (κ1) is 16.0. The highest BCUT2D eigenvalue weighted by Crippen LogP contribution is 2.40. The van der Waals surface area contributed by atoms with Crippen molar-refractivity contribution < 1.29 is 9.90 Å². The van der Waals surface area contributed by atoms with Gasteiger partial charge in [0, 0.05) is 3.57 Å². The lowest BCUT2D eigenvalue weighted by Crippen LogP contribution is -2.58. The molecule has 3 rings (SSSR count). The van der Waals surface area contributed by atoms with Crippen LogP contribution in [0.5, 0.6) is 0 Å². The monoisotopic (exact) mass is 427 g/mol. The first-order chi connectivity index (χ1) is 10.9. The Morgan fingerprint density at radius 2 is 1.96 bits per heavy atom. The van der Waals surface area contributed by atoms with Crippen LogP contribution in [0.3, 0.4) is 0 Å². The zero-order chi connectivity index (χ0) is 16.6. The fraction of sp³-hybridized carbons (Fsp3) is 0.400. The van der Waals surface area contributed by atoms with Crippen LogP contribution in [0.25, 0.3) is 0 Å². The number of benzene rings is 1. The standard InChI is InChI=1S/C15H18IN5O2/c16-10-8-9(12(22)23)4-5-11(10)21-14(18)19-13(17)20-15(21)6-2-1-3-7-15/h4-5,8H,1-3,6-7H2,(H,22,23)(H4,17,18,19,20). The minimum atomic E-state index is -0.954. The molecule has 1 aliphatic heterocycles. The maximum Gasteiger partial charge on any atom is 0.335 e. The third-order valence-electron chi connectivity index (χ3n) is 4.29. The van der Waals surface area contributed by atoms with Crippen molar-refractivity contribution in [3.05, 3.63) is 27.3 Å². The molecule has 1 aliphatic carbocycles. The number of aromatic carboxylic acids is 1. The summed E-state index contributed by atoms with van der Waals surface area (Å²) < 4.78 is 0.793. The number of hydrogen-bond donors (Lipinski definition) is 3. The Kier molecular flexibility index (Phi) is 4.17. The van der Waals surface area contributed by atoms with E-state index in [9.17, 15) is 4.79 Å². The quantitative estimate of drug-likeness (QED) is 0.625. The molecule has 0 aromatic heterocycles. The summed E-state index contributed by atoms with van der Waals surface area (Å²) in [7, 11) is 0. The third-order valence-corrected chi connectivity index (χ3v) is 5.15. The predicted molar refractivity (Wildman–Crippen MR) is 97.7 cm³/mol. The Morgan fingerprint density at radius 1 is 1.26 bits per heavy atom. The number of aliphatic imine (C=N–C) groups is 2. The van der Waals surface area contributed by atoms with Gasteiger partial charge in [-0.2, -0.15) is 4.99 Å². The number of nitrogens with two attached hydrogens (primary N) is 2. The molecule has 1 aromatic carbocycles. The predicted octanol–water partition coefficient (Wildman–Crippen LogP) is 2.10. The van der Waals surface area contributed by atoms with Gasteiger partial charge in [-0.05, 0) is 66.5 Å². The van der Waals surface area contributed by atoms with E-state index in [1.54, 1.807) is 18.2 Å². The molecule has 0 radical (unpaired) electrons. The number of carboxylic acid groups (broad SMARTS) is 1. The van der Waals surface area contributed by atoms with Crippen LogP contribution in [0.4, 0.5) is 5.69 Å². The Bertz CT molecular complexity index is 710. The molecule has 1 spiro atoms.